The summed E-state index contributed by atoms with van der Waals surface area (Å²) in [6, 6.07) is 4.59. The van der Waals surface area contributed by atoms with Crippen LogP contribution >= 0.6 is 11.8 Å². The number of hydrogen-bond donors (Lipinski definition) is 3. The van der Waals surface area contributed by atoms with Crippen LogP contribution in [-0.4, -0.2) is 26.3 Å². The average molecular weight is 290 g/mol. The molecular weight excluding hydrogens is 282 g/mol. The number of imide groups is 1. The summed E-state index contributed by atoms with van der Waals surface area (Å²) in [6.07, 6.45) is 3.21. The molecule has 1 aliphatic heterocycles. The number of amides is 2. The fraction of sp³-hybridized carbons (Fsp3) is 0. The van der Waals surface area contributed by atoms with Crippen LogP contribution in [0.5, 0.6) is 0 Å². The monoisotopic (exact) mass is 290 g/mol. The lowest BCUT2D eigenvalue weighted by atomic mass is 10.1. The zero-order chi connectivity index (χ0) is 14.3. The maximum atomic E-state index is 11.5. The summed E-state index contributed by atoms with van der Waals surface area (Å²) >= 11 is 0.817. The van der Waals surface area contributed by atoms with Gasteiger partial charge >= 0.3 is 5.69 Å². The van der Waals surface area contributed by atoms with Crippen molar-refractivity contribution >= 4 is 45.6 Å². The second-order valence-corrected chi connectivity index (χ2v) is 5.11. The first-order chi connectivity index (χ1) is 9.54. The Labute approximate surface area is 116 Å². The number of carbonyl (C=O) groups is 2. The molecule has 0 saturated carbocycles. The summed E-state index contributed by atoms with van der Waals surface area (Å²) in [5, 5.41) is 11.3. The van der Waals surface area contributed by atoms with Crippen molar-refractivity contribution in [3.05, 3.63) is 39.8 Å². The van der Waals surface area contributed by atoms with Crippen molar-refractivity contribution in [2.45, 2.75) is 0 Å². The minimum Gasteiger partial charge on any atom is -0.361 e. The van der Waals surface area contributed by atoms with Crippen LogP contribution in [0.1, 0.15) is 5.56 Å². The van der Waals surface area contributed by atoms with E-state index in [1.165, 1.54) is 12.1 Å². The smallest absolute Gasteiger partial charge is 0.317 e. The second kappa shape index (κ2) is 4.49. The van der Waals surface area contributed by atoms with E-state index < -0.39 is 11.1 Å². The number of nitrogens with one attached hydrogen (secondary N) is 2. The van der Waals surface area contributed by atoms with E-state index in [4.69, 9.17) is 5.21 Å². The summed E-state index contributed by atoms with van der Waals surface area (Å²) in [6.45, 7) is 0. The van der Waals surface area contributed by atoms with E-state index >= 15 is 0 Å². The lowest BCUT2D eigenvalue weighted by Crippen LogP contribution is -2.17. The Morgan fingerprint density at radius 3 is 2.75 bits per heavy atom. The summed E-state index contributed by atoms with van der Waals surface area (Å²) in [7, 11) is 0. The van der Waals surface area contributed by atoms with Crippen LogP contribution in [-0.2, 0) is 4.79 Å². The number of H-pyrrole nitrogens is 1. The number of thioether (sulfide) groups is 1. The van der Waals surface area contributed by atoms with Gasteiger partial charge in [-0.05, 0) is 23.9 Å². The molecule has 1 aromatic heterocycles. The molecule has 1 saturated heterocycles. The first-order valence-corrected chi connectivity index (χ1v) is 6.38. The van der Waals surface area contributed by atoms with Crippen molar-refractivity contribution in [1.29, 1.82) is 0 Å². The predicted octanol–water partition coefficient (Wildman–Crippen LogP) is 2.29. The van der Waals surface area contributed by atoms with E-state index in [1.807, 2.05) is 0 Å². The van der Waals surface area contributed by atoms with Gasteiger partial charge in [0, 0.05) is 34.8 Å². The molecule has 3 N–H and O–H groups in total. The van der Waals surface area contributed by atoms with Crippen molar-refractivity contribution in [2.75, 3.05) is 0 Å². The van der Waals surface area contributed by atoms with Gasteiger partial charge in [-0.2, -0.15) is 0 Å². The SMILES string of the molecule is O=C1NC(=O)/C(=C/c2c[nH]c3ccc([N+](=O)O)cc23)S1. The standard InChI is InChI=1S/C12H7N3O4S/c16-11-10(20-12(17)14-11)3-6-5-13-9-2-1-7(15(18)19)4-8(6)9/h1-5H,(H2-,13,14,16,17,18,19)/p+1. The van der Waals surface area contributed by atoms with Crippen LogP contribution in [0.3, 0.4) is 0 Å². The molecule has 2 aromatic rings. The highest BCUT2D eigenvalue weighted by molar-refractivity contribution is 8.18. The minimum atomic E-state index is -0.446. The van der Waals surface area contributed by atoms with E-state index in [-0.39, 0.29) is 15.5 Å². The Balaban J connectivity index is 2.10. The fourth-order valence-electron chi connectivity index (χ4n) is 1.93. The number of aromatic amines is 1. The Bertz CT molecular complexity index is 793. The van der Waals surface area contributed by atoms with Crippen molar-refractivity contribution in [3.63, 3.8) is 0 Å². The van der Waals surface area contributed by atoms with Gasteiger partial charge in [0.2, 0.25) is 0 Å². The molecule has 0 spiro atoms. The van der Waals surface area contributed by atoms with Gasteiger partial charge in [-0.1, -0.05) is 0 Å². The van der Waals surface area contributed by atoms with Gasteiger partial charge in [0.05, 0.1) is 9.81 Å². The summed E-state index contributed by atoms with van der Waals surface area (Å²) in [5.41, 5.74) is 1.48. The van der Waals surface area contributed by atoms with Gasteiger partial charge in [-0.25, -0.2) is 5.21 Å². The Hall–Kier alpha value is -2.61. The maximum Gasteiger partial charge on any atom is 0.317 e. The average Bonchev–Trinajstić information content (AvgIpc) is 2.93. The summed E-state index contributed by atoms with van der Waals surface area (Å²) in [5.74, 6) is -0.446. The largest absolute Gasteiger partial charge is 0.361 e. The molecule has 0 radical (unpaired) electrons. The molecule has 1 fully saturated rings. The van der Waals surface area contributed by atoms with Gasteiger partial charge in [-0.3, -0.25) is 14.9 Å². The number of benzene rings is 1. The number of rotatable bonds is 2. The van der Waals surface area contributed by atoms with Gasteiger partial charge < -0.3 is 4.98 Å². The van der Waals surface area contributed by atoms with Crippen molar-refractivity contribution in [3.8, 4) is 0 Å². The molecule has 8 heteroatoms. The third-order valence-corrected chi connectivity index (χ3v) is 3.66. The van der Waals surface area contributed by atoms with Crippen molar-refractivity contribution in [2.24, 2.45) is 0 Å². The summed E-state index contributed by atoms with van der Waals surface area (Å²) in [4.78, 5) is 36.5. The number of fused-ring (bicyclic) bond motifs is 1. The highest BCUT2D eigenvalue weighted by atomic mass is 32.2. The highest BCUT2D eigenvalue weighted by Gasteiger charge is 2.25. The lowest BCUT2D eigenvalue weighted by molar-refractivity contribution is -0.729. The van der Waals surface area contributed by atoms with Gasteiger partial charge in [0.1, 0.15) is 0 Å². The molecule has 2 heterocycles. The van der Waals surface area contributed by atoms with E-state index in [0.29, 0.717) is 10.9 Å². The first-order valence-electron chi connectivity index (χ1n) is 5.57. The number of nitrogens with zero attached hydrogens (tertiary/aromatic N) is 1. The molecule has 0 bridgehead atoms. The zero-order valence-electron chi connectivity index (χ0n) is 9.91. The van der Waals surface area contributed by atoms with E-state index in [0.717, 1.165) is 17.3 Å². The summed E-state index contributed by atoms with van der Waals surface area (Å²) < 4.78 is 0. The Morgan fingerprint density at radius 1 is 1.30 bits per heavy atom. The van der Waals surface area contributed by atoms with Crippen molar-refractivity contribution < 1.29 is 19.7 Å². The molecule has 20 heavy (non-hydrogen) atoms. The van der Waals surface area contributed by atoms with Crippen LogP contribution in [0.15, 0.2) is 29.3 Å². The van der Waals surface area contributed by atoms with E-state index in [9.17, 15) is 14.5 Å². The van der Waals surface area contributed by atoms with Crippen LogP contribution in [0.4, 0.5) is 10.5 Å². The van der Waals surface area contributed by atoms with Crippen LogP contribution < -0.4 is 5.32 Å². The third kappa shape index (κ3) is 2.05. The number of hydrogen-bond acceptors (Lipinski definition) is 4. The molecule has 1 aromatic carbocycles. The van der Waals surface area contributed by atoms with Gasteiger partial charge in [-0.15, -0.1) is 0 Å². The second-order valence-electron chi connectivity index (χ2n) is 4.10. The fourth-order valence-corrected chi connectivity index (χ4v) is 2.60. The third-order valence-electron chi connectivity index (χ3n) is 2.85. The molecule has 3 rings (SSSR count). The predicted molar refractivity (Wildman–Crippen MR) is 72.5 cm³/mol. The van der Waals surface area contributed by atoms with Crippen molar-refractivity contribution in [1.82, 2.24) is 10.3 Å². The van der Waals surface area contributed by atoms with Crippen LogP contribution in [0.2, 0.25) is 0 Å². The molecular formula is C12H8N3O4S+. The molecule has 100 valence electrons. The molecule has 0 atom stereocenters. The number of aromatic nitrogens is 1. The molecule has 0 aliphatic carbocycles. The van der Waals surface area contributed by atoms with E-state index in [1.54, 1.807) is 18.3 Å². The molecule has 1 aliphatic rings. The topological polar surface area (TPSA) is 102 Å². The highest BCUT2D eigenvalue weighted by Crippen LogP contribution is 2.29. The lowest BCUT2D eigenvalue weighted by Gasteiger charge is -1.93. The van der Waals surface area contributed by atoms with E-state index in [2.05, 4.69) is 10.3 Å². The maximum absolute atomic E-state index is 11.5. The van der Waals surface area contributed by atoms with Gasteiger partial charge in [0.15, 0.2) is 0 Å². The zero-order valence-corrected chi connectivity index (χ0v) is 10.7. The Kier molecular flexibility index (Phi) is 2.79. The molecule has 0 unspecified atom stereocenters. The van der Waals surface area contributed by atoms with Gasteiger partial charge in [0.25, 0.3) is 16.1 Å². The Morgan fingerprint density at radius 2 is 2.10 bits per heavy atom. The normalized spacial score (nSPS) is 16.9. The minimum absolute atomic E-state index is 0.0800. The first kappa shape index (κ1) is 12.4. The number of carbonyl (C=O) groups excluding carboxylic acids is 2. The molecule has 7 nitrogen and oxygen atoms in total. The van der Waals surface area contributed by atoms with Crippen LogP contribution in [0, 0.1) is 4.91 Å². The molecule has 2 amide bonds. The van der Waals surface area contributed by atoms with Crippen LogP contribution in [0.25, 0.3) is 17.0 Å². The quantitative estimate of drug-likeness (QED) is 0.581.